The van der Waals surface area contributed by atoms with E-state index in [-0.39, 0.29) is 17.4 Å². The molecule has 0 aliphatic carbocycles. The largest absolute Gasteiger partial charge is 0.408 e. The Labute approximate surface area is 133 Å². The molecule has 1 amide bonds. The summed E-state index contributed by atoms with van der Waals surface area (Å²) in [5, 5.41) is 8.06. The van der Waals surface area contributed by atoms with Crippen molar-refractivity contribution < 1.29 is 13.6 Å². The average molecular weight is 318 g/mol. The van der Waals surface area contributed by atoms with Crippen LogP contribution in [0.1, 0.15) is 36.0 Å². The third kappa shape index (κ3) is 3.18. The molecule has 0 atom stereocenters. The molecular formula is C16H19FN4O2. The Morgan fingerprint density at radius 1 is 1.17 bits per heavy atom. The maximum Gasteiger partial charge on any atom is 0.318 e. The fourth-order valence-electron chi connectivity index (χ4n) is 2.49. The van der Waals surface area contributed by atoms with Gasteiger partial charge in [0.25, 0.3) is 5.91 Å². The number of hydrogen-bond acceptors (Lipinski definition) is 5. The van der Waals surface area contributed by atoms with Gasteiger partial charge in [-0.3, -0.25) is 4.79 Å². The van der Waals surface area contributed by atoms with E-state index in [2.05, 4.69) is 10.2 Å². The van der Waals surface area contributed by atoms with E-state index in [9.17, 15) is 9.18 Å². The van der Waals surface area contributed by atoms with Crippen LogP contribution in [0.3, 0.4) is 0 Å². The number of piperazine rings is 1. The highest BCUT2D eigenvalue weighted by Gasteiger charge is 2.26. The van der Waals surface area contributed by atoms with Crippen molar-refractivity contribution in [1.29, 1.82) is 0 Å². The lowest BCUT2D eigenvalue weighted by molar-refractivity contribution is 0.0740. The summed E-state index contributed by atoms with van der Waals surface area (Å²) >= 11 is 0. The van der Waals surface area contributed by atoms with Gasteiger partial charge in [0.2, 0.25) is 5.89 Å². The van der Waals surface area contributed by atoms with Crippen molar-refractivity contribution in [3.63, 3.8) is 0 Å². The molecule has 122 valence electrons. The molecule has 0 saturated carbocycles. The van der Waals surface area contributed by atoms with E-state index in [1.807, 2.05) is 18.7 Å². The summed E-state index contributed by atoms with van der Waals surface area (Å²) in [4.78, 5) is 16.0. The van der Waals surface area contributed by atoms with E-state index in [4.69, 9.17) is 4.42 Å². The molecule has 0 radical (unpaired) electrons. The topological polar surface area (TPSA) is 62.5 Å². The minimum Gasteiger partial charge on any atom is -0.408 e. The Hall–Kier alpha value is -2.44. The lowest BCUT2D eigenvalue weighted by Crippen LogP contribution is -2.49. The Morgan fingerprint density at radius 2 is 1.87 bits per heavy atom. The molecule has 1 aliphatic heterocycles. The first-order valence-corrected chi connectivity index (χ1v) is 7.68. The van der Waals surface area contributed by atoms with Crippen LogP contribution >= 0.6 is 0 Å². The van der Waals surface area contributed by atoms with E-state index < -0.39 is 5.82 Å². The number of hydrogen-bond donors (Lipinski definition) is 0. The lowest BCUT2D eigenvalue weighted by atomic mass is 10.1. The fourth-order valence-corrected chi connectivity index (χ4v) is 2.49. The summed E-state index contributed by atoms with van der Waals surface area (Å²) < 4.78 is 19.3. The molecule has 3 rings (SSSR count). The lowest BCUT2D eigenvalue weighted by Gasteiger charge is -2.33. The number of benzene rings is 1. The van der Waals surface area contributed by atoms with Crippen molar-refractivity contribution in [3.8, 4) is 0 Å². The molecule has 7 heteroatoms. The van der Waals surface area contributed by atoms with Crippen molar-refractivity contribution in [1.82, 2.24) is 15.1 Å². The molecule has 23 heavy (non-hydrogen) atoms. The van der Waals surface area contributed by atoms with Gasteiger partial charge in [-0.25, -0.2) is 4.39 Å². The molecule has 6 nitrogen and oxygen atoms in total. The second-order valence-electron chi connectivity index (χ2n) is 5.84. The summed E-state index contributed by atoms with van der Waals surface area (Å²) in [5.74, 6) is 0.0135. The van der Waals surface area contributed by atoms with Crippen LogP contribution in [0, 0.1) is 5.82 Å². The molecule has 2 aromatic rings. The Balaban J connectivity index is 1.64. The minimum atomic E-state index is -0.488. The van der Waals surface area contributed by atoms with Crippen molar-refractivity contribution >= 4 is 11.9 Å². The van der Waals surface area contributed by atoms with E-state index in [0.717, 1.165) is 0 Å². The number of carbonyl (C=O) groups excluding carboxylic acids is 1. The Kier molecular flexibility index (Phi) is 4.27. The highest BCUT2D eigenvalue weighted by molar-refractivity contribution is 5.94. The van der Waals surface area contributed by atoms with Crippen molar-refractivity contribution in [2.75, 3.05) is 31.1 Å². The number of rotatable bonds is 3. The van der Waals surface area contributed by atoms with Gasteiger partial charge in [0, 0.05) is 32.1 Å². The third-order valence-corrected chi connectivity index (χ3v) is 3.87. The number of anilines is 1. The quantitative estimate of drug-likeness (QED) is 0.869. The SMILES string of the molecule is CC(C)c1nnc(N2CCN(C(=O)c3ccccc3F)CC2)o1. The summed E-state index contributed by atoms with van der Waals surface area (Å²) in [6.07, 6.45) is 0. The summed E-state index contributed by atoms with van der Waals surface area (Å²) in [7, 11) is 0. The number of nitrogens with zero attached hydrogens (tertiary/aromatic N) is 4. The normalized spacial score (nSPS) is 15.3. The first-order valence-electron chi connectivity index (χ1n) is 7.68. The smallest absolute Gasteiger partial charge is 0.318 e. The predicted octanol–water partition coefficient (Wildman–Crippen LogP) is 2.29. The van der Waals surface area contributed by atoms with Gasteiger partial charge >= 0.3 is 6.01 Å². The van der Waals surface area contributed by atoms with Crippen LogP contribution in [0.15, 0.2) is 28.7 Å². The molecule has 2 heterocycles. The first-order chi connectivity index (χ1) is 11.1. The molecular weight excluding hydrogens is 299 g/mol. The van der Waals surface area contributed by atoms with Gasteiger partial charge in [0.05, 0.1) is 5.56 Å². The van der Waals surface area contributed by atoms with Crippen LogP contribution in [0.5, 0.6) is 0 Å². The standard InChI is InChI=1S/C16H19FN4O2/c1-11(2)14-18-19-16(23-14)21-9-7-20(8-10-21)15(22)12-5-3-4-6-13(12)17/h3-6,11H,7-10H2,1-2H3. The molecule has 1 fully saturated rings. The van der Waals surface area contributed by atoms with Gasteiger partial charge in [0.1, 0.15) is 5.82 Å². The zero-order valence-corrected chi connectivity index (χ0v) is 13.2. The van der Waals surface area contributed by atoms with E-state index in [1.54, 1.807) is 17.0 Å². The highest BCUT2D eigenvalue weighted by atomic mass is 19.1. The monoisotopic (exact) mass is 318 g/mol. The number of carbonyl (C=O) groups is 1. The maximum atomic E-state index is 13.7. The minimum absolute atomic E-state index is 0.112. The fraction of sp³-hybridized carbons (Fsp3) is 0.438. The molecule has 0 spiro atoms. The van der Waals surface area contributed by atoms with Crippen LogP contribution in [0.25, 0.3) is 0 Å². The van der Waals surface area contributed by atoms with Gasteiger partial charge in [-0.1, -0.05) is 31.1 Å². The zero-order chi connectivity index (χ0) is 16.4. The third-order valence-electron chi connectivity index (χ3n) is 3.87. The summed E-state index contributed by atoms with van der Waals surface area (Å²) in [5.41, 5.74) is 0.112. The van der Waals surface area contributed by atoms with E-state index >= 15 is 0 Å². The van der Waals surface area contributed by atoms with E-state index in [1.165, 1.54) is 12.1 Å². The Bertz CT molecular complexity index is 693. The average Bonchev–Trinajstić information content (AvgIpc) is 3.05. The molecule has 1 aliphatic rings. The molecule has 0 unspecified atom stereocenters. The van der Waals surface area contributed by atoms with Gasteiger partial charge in [-0.15, -0.1) is 5.10 Å². The number of amides is 1. The molecule has 0 bridgehead atoms. The predicted molar refractivity (Wildman–Crippen MR) is 82.9 cm³/mol. The van der Waals surface area contributed by atoms with Crippen LogP contribution in [-0.2, 0) is 0 Å². The van der Waals surface area contributed by atoms with Gasteiger partial charge in [-0.05, 0) is 12.1 Å². The molecule has 1 aromatic heterocycles. The van der Waals surface area contributed by atoms with Crippen LogP contribution in [0.2, 0.25) is 0 Å². The number of aromatic nitrogens is 2. The summed E-state index contributed by atoms with van der Waals surface area (Å²) in [6, 6.07) is 6.53. The van der Waals surface area contributed by atoms with Crippen molar-refractivity contribution in [3.05, 3.63) is 41.5 Å². The van der Waals surface area contributed by atoms with Crippen LogP contribution in [-0.4, -0.2) is 47.2 Å². The second kappa shape index (κ2) is 6.36. The zero-order valence-electron chi connectivity index (χ0n) is 13.2. The van der Waals surface area contributed by atoms with Crippen molar-refractivity contribution in [2.45, 2.75) is 19.8 Å². The van der Waals surface area contributed by atoms with Crippen LogP contribution in [0.4, 0.5) is 10.4 Å². The molecule has 1 saturated heterocycles. The summed E-state index contributed by atoms with van der Waals surface area (Å²) in [6.45, 7) is 6.13. The highest BCUT2D eigenvalue weighted by Crippen LogP contribution is 2.20. The van der Waals surface area contributed by atoms with Gasteiger partial charge in [0.15, 0.2) is 0 Å². The molecule has 1 aromatic carbocycles. The second-order valence-corrected chi connectivity index (χ2v) is 5.84. The van der Waals surface area contributed by atoms with Crippen LogP contribution < -0.4 is 4.90 Å². The molecule has 0 N–H and O–H groups in total. The van der Waals surface area contributed by atoms with Crippen molar-refractivity contribution in [2.24, 2.45) is 0 Å². The van der Waals surface area contributed by atoms with Gasteiger partial charge in [-0.2, -0.15) is 0 Å². The van der Waals surface area contributed by atoms with Gasteiger partial charge < -0.3 is 14.2 Å². The number of halogens is 1. The first kappa shape index (κ1) is 15.5. The van der Waals surface area contributed by atoms with E-state index in [0.29, 0.717) is 38.1 Å². The maximum absolute atomic E-state index is 13.7. The Morgan fingerprint density at radius 3 is 2.48 bits per heavy atom.